The third-order valence-corrected chi connectivity index (χ3v) is 4.89. The molecule has 0 aliphatic heterocycles. The Kier molecular flexibility index (Phi) is 6.08. The minimum atomic E-state index is -0.193. The molecule has 4 rings (SSSR count). The molecule has 0 spiro atoms. The van der Waals surface area contributed by atoms with Crippen LogP contribution in [-0.2, 0) is 6.54 Å². The van der Waals surface area contributed by atoms with E-state index in [4.69, 9.17) is 4.98 Å². The van der Waals surface area contributed by atoms with Gasteiger partial charge < -0.3 is 5.32 Å². The summed E-state index contributed by atoms with van der Waals surface area (Å²) in [6, 6.07) is 17.2. The maximum Gasteiger partial charge on any atom is 0.270 e. The first kappa shape index (κ1) is 20.3. The van der Waals surface area contributed by atoms with E-state index < -0.39 is 0 Å². The summed E-state index contributed by atoms with van der Waals surface area (Å²) in [5.41, 5.74) is 5.26. The highest BCUT2D eigenvalue weighted by Gasteiger charge is 2.13. The average molecular weight is 409 g/mol. The second-order valence-electron chi connectivity index (χ2n) is 7.48. The van der Waals surface area contributed by atoms with Crippen molar-refractivity contribution >= 4 is 5.91 Å². The van der Waals surface area contributed by atoms with Crippen molar-refractivity contribution in [3.63, 3.8) is 0 Å². The molecule has 0 aliphatic carbocycles. The molecule has 4 aromatic rings. The van der Waals surface area contributed by atoms with Crippen molar-refractivity contribution in [2.45, 2.75) is 26.3 Å². The first-order chi connectivity index (χ1) is 15.1. The number of hydrogen-bond donors (Lipinski definition) is 1. The van der Waals surface area contributed by atoms with Crippen molar-refractivity contribution in [1.29, 1.82) is 0 Å². The minimum absolute atomic E-state index is 0.193. The van der Waals surface area contributed by atoms with Crippen LogP contribution in [0.2, 0.25) is 0 Å². The number of hydrogen-bond acceptors (Lipinski definition) is 5. The fraction of sp³-hybridized carbons (Fsp3) is 0.160. The first-order valence-electron chi connectivity index (χ1n) is 10.2. The van der Waals surface area contributed by atoms with Gasteiger partial charge in [0.2, 0.25) is 0 Å². The van der Waals surface area contributed by atoms with E-state index >= 15 is 0 Å². The van der Waals surface area contributed by atoms with Gasteiger partial charge in [-0.2, -0.15) is 0 Å². The lowest BCUT2D eigenvalue weighted by molar-refractivity contribution is 0.0946. The maximum absolute atomic E-state index is 12.2. The molecule has 1 N–H and O–H groups in total. The van der Waals surface area contributed by atoms with Gasteiger partial charge >= 0.3 is 0 Å². The fourth-order valence-corrected chi connectivity index (χ4v) is 3.19. The molecular formula is C25H23N5O. The van der Waals surface area contributed by atoms with Crippen LogP contribution in [-0.4, -0.2) is 25.8 Å². The lowest BCUT2D eigenvalue weighted by Gasteiger charge is -2.13. The Hall–Kier alpha value is -3.93. The average Bonchev–Trinajstić information content (AvgIpc) is 2.83. The fourth-order valence-electron chi connectivity index (χ4n) is 3.19. The first-order valence-corrected chi connectivity index (χ1v) is 10.2. The zero-order chi connectivity index (χ0) is 21.6. The molecule has 154 valence electrons. The standard InChI is InChI=1S/C25H23N5O/c1-17(2)24-28-16-21(19-10-13-26-14-11-19)23(30-24)20-8-6-18(7-9-20)15-29-25(31)22-5-3-4-12-27-22/h3-14,16-17H,15H2,1-2H3,(H,29,31). The number of nitrogens with one attached hydrogen (secondary N) is 1. The molecule has 6 nitrogen and oxygen atoms in total. The van der Waals surface area contributed by atoms with Crippen molar-refractivity contribution < 1.29 is 4.79 Å². The molecule has 0 fully saturated rings. The van der Waals surface area contributed by atoms with Crippen LogP contribution < -0.4 is 5.32 Å². The number of amides is 1. The maximum atomic E-state index is 12.2. The highest BCUT2D eigenvalue weighted by Crippen LogP contribution is 2.31. The SMILES string of the molecule is CC(C)c1ncc(-c2ccncc2)c(-c2ccc(CNC(=O)c3ccccn3)cc2)n1. The highest BCUT2D eigenvalue weighted by atomic mass is 16.1. The van der Waals surface area contributed by atoms with Crippen LogP contribution in [0.25, 0.3) is 22.4 Å². The molecule has 3 aromatic heterocycles. The van der Waals surface area contributed by atoms with Crippen LogP contribution in [0.15, 0.2) is 79.4 Å². The van der Waals surface area contributed by atoms with Gasteiger partial charge in [0.1, 0.15) is 11.5 Å². The van der Waals surface area contributed by atoms with Crippen LogP contribution in [0.1, 0.15) is 41.6 Å². The number of benzene rings is 1. The summed E-state index contributed by atoms with van der Waals surface area (Å²) < 4.78 is 0. The Morgan fingerprint density at radius 3 is 2.35 bits per heavy atom. The normalized spacial score (nSPS) is 10.8. The van der Waals surface area contributed by atoms with Gasteiger partial charge in [0, 0.05) is 48.4 Å². The van der Waals surface area contributed by atoms with E-state index in [9.17, 15) is 4.79 Å². The van der Waals surface area contributed by atoms with Gasteiger partial charge in [-0.05, 0) is 35.4 Å². The molecule has 0 aliphatic rings. The van der Waals surface area contributed by atoms with Crippen molar-refractivity contribution in [1.82, 2.24) is 25.3 Å². The molecule has 1 aromatic carbocycles. The number of nitrogens with zero attached hydrogens (tertiary/aromatic N) is 4. The number of carbonyl (C=O) groups excluding carboxylic acids is 1. The van der Waals surface area contributed by atoms with Gasteiger partial charge in [0.25, 0.3) is 5.91 Å². The Bertz CT molecular complexity index is 1160. The van der Waals surface area contributed by atoms with Crippen LogP contribution in [0.5, 0.6) is 0 Å². The molecule has 1 amide bonds. The van der Waals surface area contributed by atoms with E-state index in [0.717, 1.165) is 33.8 Å². The number of rotatable bonds is 6. The quantitative estimate of drug-likeness (QED) is 0.501. The predicted molar refractivity (Wildman–Crippen MR) is 120 cm³/mol. The van der Waals surface area contributed by atoms with E-state index in [0.29, 0.717) is 12.2 Å². The number of carbonyl (C=O) groups is 1. The lowest BCUT2D eigenvalue weighted by Crippen LogP contribution is -2.23. The Labute approximate surface area is 181 Å². The summed E-state index contributed by atoms with van der Waals surface area (Å²) in [6.07, 6.45) is 7.02. The molecule has 0 radical (unpaired) electrons. The predicted octanol–water partition coefficient (Wildman–Crippen LogP) is 4.65. The van der Waals surface area contributed by atoms with E-state index in [-0.39, 0.29) is 11.8 Å². The van der Waals surface area contributed by atoms with Gasteiger partial charge in [-0.25, -0.2) is 9.97 Å². The second-order valence-corrected chi connectivity index (χ2v) is 7.48. The van der Waals surface area contributed by atoms with Crippen molar-refractivity contribution in [2.75, 3.05) is 0 Å². The van der Waals surface area contributed by atoms with Crippen LogP contribution >= 0.6 is 0 Å². The molecular weight excluding hydrogens is 386 g/mol. The number of pyridine rings is 2. The highest BCUT2D eigenvalue weighted by molar-refractivity contribution is 5.92. The van der Waals surface area contributed by atoms with Crippen LogP contribution in [0.3, 0.4) is 0 Å². The van der Waals surface area contributed by atoms with Gasteiger partial charge in [-0.1, -0.05) is 44.2 Å². The largest absolute Gasteiger partial charge is 0.347 e. The molecule has 3 heterocycles. The van der Waals surface area contributed by atoms with Gasteiger partial charge in [-0.3, -0.25) is 14.8 Å². The van der Waals surface area contributed by atoms with Crippen LogP contribution in [0.4, 0.5) is 0 Å². The Morgan fingerprint density at radius 2 is 1.68 bits per heavy atom. The Morgan fingerprint density at radius 1 is 0.903 bits per heavy atom. The molecule has 0 saturated carbocycles. The van der Waals surface area contributed by atoms with Crippen molar-refractivity contribution in [3.05, 3.63) is 96.5 Å². The smallest absolute Gasteiger partial charge is 0.270 e. The monoisotopic (exact) mass is 409 g/mol. The van der Waals surface area contributed by atoms with Gasteiger partial charge in [-0.15, -0.1) is 0 Å². The molecule has 0 bridgehead atoms. The zero-order valence-electron chi connectivity index (χ0n) is 17.5. The molecule has 0 unspecified atom stereocenters. The van der Waals surface area contributed by atoms with Gasteiger partial charge in [0.05, 0.1) is 5.69 Å². The summed E-state index contributed by atoms with van der Waals surface area (Å²) in [6.45, 7) is 4.59. The summed E-state index contributed by atoms with van der Waals surface area (Å²) >= 11 is 0. The summed E-state index contributed by atoms with van der Waals surface area (Å²) in [5.74, 6) is 0.841. The topological polar surface area (TPSA) is 80.7 Å². The summed E-state index contributed by atoms with van der Waals surface area (Å²) in [7, 11) is 0. The minimum Gasteiger partial charge on any atom is -0.347 e. The van der Waals surface area contributed by atoms with Crippen molar-refractivity contribution in [2.24, 2.45) is 0 Å². The van der Waals surface area contributed by atoms with Crippen LogP contribution in [0, 0.1) is 0 Å². The van der Waals surface area contributed by atoms with Crippen molar-refractivity contribution in [3.8, 4) is 22.4 Å². The third kappa shape index (κ3) is 4.80. The zero-order valence-corrected chi connectivity index (χ0v) is 17.5. The lowest BCUT2D eigenvalue weighted by atomic mass is 10.00. The number of aromatic nitrogens is 4. The molecule has 0 atom stereocenters. The Balaban J connectivity index is 1.58. The van der Waals surface area contributed by atoms with E-state index in [2.05, 4.69) is 34.1 Å². The summed E-state index contributed by atoms with van der Waals surface area (Å²) in [5, 5.41) is 2.90. The van der Waals surface area contributed by atoms with E-state index in [1.54, 1.807) is 36.8 Å². The third-order valence-electron chi connectivity index (χ3n) is 4.89. The molecule has 31 heavy (non-hydrogen) atoms. The molecule has 6 heteroatoms. The second kappa shape index (κ2) is 9.26. The van der Waals surface area contributed by atoms with E-state index in [1.165, 1.54) is 0 Å². The summed E-state index contributed by atoms with van der Waals surface area (Å²) in [4.78, 5) is 29.8. The van der Waals surface area contributed by atoms with E-state index in [1.807, 2.05) is 42.6 Å². The van der Waals surface area contributed by atoms with Gasteiger partial charge in [0.15, 0.2) is 0 Å². The molecule has 0 saturated heterocycles.